The Bertz CT molecular complexity index is 305. The maximum Gasteiger partial charge on any atom is 0.147 e. The highest BCUT2D eigenvalue weighted by molar-refractivity contribution is 9.10. The van der Waals surface area contributed by atoms with Crippen molar-refractivity contribution in [2.24, 2.45) is 0 Å². The van der Waals surface area contributed by atoms with Crippen LogP contribution in [0, 0.1) is 5.82 Å². The summed E-state index contributed by atoms with van der Waals surface area (Å²) in [6.07, 6.45) is 0.265. The maximum absolute atomic E-state index is 12.8. The summed E-state index contributed by atoms with van der Waals surface area (Å²) >= 11 is 6.22. The molecule has 0 saturated carbocycles. The van der Waals surface area contributed by atoms with Gasteiger partial charge in [0.2, 0.25) is 0 Å². The first-order chi connectivity index (χ1) is 6.11. The molecule has 0 radical (unpaired) electrons. The highest BCUT2D eigenvalue weighted by Crippen LogP contribution is 2.15. The molecule has 70 valence electrons. The molecule has 0 unspecified atom stereocenters. The fourth-order valence-corrected chi connectivity index (χ4v) is 1.70. The molecule has 0 amide bonds. The van der Waals surface area contributed by atoms with Crippen LogP contribution in [-0.2, 0) is 11.2 Å². The van der Waals surface area contributed by atoms with Crippen LogP contribution in [0.5, 0.6) is 0 Å². The van der Waals surface area contributed by atoms with E-state index < -0.39 is 0 Å². The van der Waals surface area contributed by atoms with E-state index in [0.717, 1.165) is 0 Å². The van der Waals surface area contributed by atoms with Crippen LogP contribution in [0.1, 0.15) is 5.56 Å². The summed E-state index contributed by atoms with van der Waals surface area (Å²) in [6.45, 7) is 0. The number of hydrogen-bond acceptors (Lipinski definition) is 1. The lowest BCUT2D eigenvalue weighted by Gasteiger charge is -2.00. The highest BCUT2D eigenvalue weighted by atomic mass is 79.9. The number of carbonyl (C=O) groups excluding carboxylic acids is 1. The Hall–Kier alpha value is -0.220. The van der Waals surface area contributed by atoms with Crippen LogP contribution < -0.4 is 0 Å². The van der Waals surface area contributed by atoms with E-state index in [2.05, 4.69) is 31.9 Å². The zero-order valence-corrected chi connectivity index (χ0v) is 9.86. The first-order valence-corrected chi connectivity index (χ1v) is 5.56. The van der Waals surface area contributed by atoms with Gasteiger partial charge in [0, 0.05) is 10.9 Å². The monoisotopic (exact) mass is 308 g/mol. The van der Waals surface area contributed by atoms with E-state index in [-0.39, 0.29) is 18.0 Å². The van der Waals surface area contributed by atoms with E-state index in [1.165, 1.54) is 12.1 Å². The molecule has 0 N–H and O–H groups in total. The van der Waals surface area contributed by atoms with E-state index in [1.807, 2.05) is 0 Å². The largest absolute Gasteiger partial charge is 0.298 e. The molecule has 0 fully saturated rings. The fraction of sp³-hybridized carbons (Fsp3) is 0.222. The van der Waals surface area contributed by atoms with Crippen molar-refractivity contribution in [3.63, 3.8) is 0 Å². The predicted molar refractivity (Wildman–Crippen MR) is 56.6 cm³/mol. The molecule has 0 atom stereocenters. The number of alkyl halides is 1. The third-order valence-corrected chi connectivity index (χ3v) is 2.56. The van der Waals surface area contributed by atoms with Crippen LogP contribution >= 0.6 is 31.9 Å². The highest BCUT2D eigenvalue weighted by Gasteiger charge is 2.04. The van der Waals surface area contributed by atoms with Crippen molar-refractivity contribution in [2.45, 2.75) is 6.42 Å². The second-order valence-corrected chi connectivity index (χ2v) is 4.10. The lowest BCUT2D eigenvalue weighted by Crippen LogP contribution is -2.03. The van der Waals surface area contributed by atoms with Crippen LogP contribution in [-0.4, -0.2) is 11.1 Å². The SMILES string of the molecule is O=C(CBr)Cc1cc(F)cc(Br)c1. The van der Waals surface area contributed by atoms with Crippen molar-refractivity contribution in [2.75, 3.05) is 5.33 Å². The van der Waals surface area contributed by atoms with Gasteiger partial charge in [-0.1, -0.05) is 31.9 Å². The average Bonchev–Trinajstić information content (AvgIpc) is 2.02. The molecule has 1 aromatic rings. The summed E-state index contributed by atoms with van der Waals surface area (Å²) in [6, 6.07) is 4.47. The van der Waals surface area contributed by atoms with Gasteiger partial charge in [-0.05, 0) is 23.8 Å². The van der Waals surface area contributed by atoms with Gasteiger partial charge >= 0.3 is 0 Å². The molecule has 0 aliphatic rings. The van der Waals surface area contributed by atoms with Gasteiger partial charge in [-0.2, -0.15) is 0 Å². The zero-order chi connectivity index (χ0) is 9.84. The van der Waals surface area contributed by atoms with Gasteiger partial charge in [0.1, 0.15) is 11.6 Å². The number of Topliss-reactive ketones (excluding diaryl/α,β-unsaturated/α-hetero) is 1. The fourth-order valence-electron chi connectivity index (χ4n) is 0.988. The van der Waals surface area contributed by atoms with Crippen LogP contribution in [0.2, 0.25) is 0 Å². The van der Waals surface area contributed by atoms with Gasteiger partial charge in [0.25, 0.3) is 0 Å². The van der Waals surface area contributed by atoms with Crippen LogP contribution in [0.4, 0.5) is 4.39 Å². The lowest BCUT2D eigenvalue weighted by molar-refractivity contribution is -0.115. The average molecular weight is 310 g/mol. The van der Waals surface area contributed by atoms with E-state index in [9.17, 15) is 9.18 Å². The molecule has 1 rings (SSSR count). The summed E-state index contributed by atoms with van der Waals surface area (Å²) < 4.78 is 13.5. The number of halogens is 3. The molecule has 13 heavy (non-hydrogen) atoms. The summed E-state index contributed by atoms with van der Waals surface area (Å²) in [5, 5.41) is 0.307. The summed E-state index contributed by atoms with van der Waals surface area (Å²) in [5.74, 6) is -0.288. The molecule has 0 bridgehead atoms. The second kappa shape index (κ2) is 4.86. The minimum absolute atomic E-state index is 0.0394. The topological polar surface area (TPSA) is 17.1 Å². The third-order valence-electron chi connectivity index (χ3n) is 1.47. The van der Waals surface area contributed by atoms with Gasteiger partial charge in [-0.25, -0.2) is 4.39 Å². The Labute approximate surface area is 92.6 Å². The van der Waals surface area contributed by atoms with Crippen molar-refractivity contribution in [1.82, 2.24) is 0 Å². The van der Waals surface area contributed by atoms with Crippen LogP contribution in [0.15, 0.2) is 22.7 Å². The number of ketones is 1. The van der Waals surface area contributed by atoms with Crippen LogP contribution in [0.3, 0.4) is 0 Å². The van der Waals surface area contributed by atoms with Crippen LogP contribution in [0.25, 0.3) is 0 Å². The van der Waals surface area contributed by atoms with Crippen molar-refractivity contribution in [1.29, 1.82) is 0 Å². The van der Waals surface area contributed by atoms with Gasteiger partial charge in [-0.3, -0.25) is 4.79 Å². The molecule has 0 aliphatic heterocycles. The van der Waals surface area contributed by atoms with Gasteiger partial charge in [0.05, 0.1) is 5.33 Å². The lowest BCUT2D eigenvalue weighted by atomic mass is 10.1. The molecule has 0 saturated heterocycles. The number of carbonyl (C=O) groups is 1. The Morgan fingerprint density at radius 3 is 2.62 bits per heavy atom. The van der Waals surface area contributed by atoms with Gasteiger partial charge in [-0.15, -0.1) is 0 Å². The van der Waals surface area contributed by atoms with E-state index in [0.29, 0.717) is 15.4 Å². The predicted octanol–water partition coefficient (Wildman–Crippen LogP) is 3.09. The molecule has 0 aromatic heterocycles. The molecule has 1 nitrogen and oxygen atoms in total. The quantitative estimate of drug-likeness (QED) is 0.784. The Morgan fingerprint density at radius 1 is 1.38 bits per heavy atom. The van der Waals surface area contributed by atoms with Crippen molar-refractivity contribution < 1.29 is 9.18 Å². The van der Waals surface area contributed by atoms with E-state index in [1.54, 1.807) is 6.07 Å². The van der Waals surface area contributed by atoms with Crippen molar-refractivity contribution in [3.05, 3.63) is 34.1 Å². The Balaban J connectivity index is 2.83. The van der Waals surface area contributed by atoms with E-state index in [4.69, 9.17) is 0 Å². The summed E-state index contributed by atoms with van der Waals surface area (Å²) in [7, 11) is 0. The minimum Gasteiger partial charge on any atom is -0.298 e. The third kappa shape index (κ3) is 3.56. The minimum atomic E-state index is -0.327. The Morgan fingerprint density at radius 2 is 2.08 bits per heavy atom. The zero-order valence-electron chi connectivity index (χ0n) is 6.69. The number of hydrogen-bond donors (Lipinski definition) is 0. The first kappa shape index (κ1) is 10.9. The molecule has 4 heteroatoms. The smallest absolute Gasteiger partial charge is 0.147 e. The molecule has 0 spiro atoms. The number of rotatable bonds is 3. The van der Waals surface area contributed by atoms with Gasteiger partial charge in [0.15, 0.2) is 0 Å². The Kier molecular flexibility index (Phi) is 4.06. The van der Waals surface area contributed by atoms with Gasteiger partial charge < -0.3 is 0 Å². The maximum atomic E-state index is 12.8. The summed E-state index contributed by atoms with van der Waals surface area (Å²) in [5.41, 5.74) is 0.691. The standard InChI is InChI=1S/C9H7Br2FO/c10-5-9(13)3-6-1-7(11)4-8(12)2-6/h1-2,4H,3,5H2. The summed E-state index contributed by atoms with van der Waals surface area (Å²) in [4.78, 5) is 11.0. The molecular formula is C9H7Br2FO. The first-order valence-electron chi connectivity index (χ1n) is 3.64. The molecular weight excluding hydrogens is 303 g/mol. The normalized spacial score (nSPS) is 10.1. The van der Waals surface area contributed by atoms with Crippen molar-refractivity contribution in [3.8, 4) is 0 Å². The van der Waals surface area contributed by atoms with E-state index >= 15 is 0 Å². The van der Waals surface area contributed by atoms with Crippen molar-refractivity contribution >= 4 is 37.6 Å². The second-order valence-electron chi connectivity index (χ2n) is 2.63. The molecule has 0 aliphatic carbocycles. The number of benzene rings is 1. The molecule has 0 heterocycles. The molecule has 1 aromatic carbocycles.